The zero-order chi connectivity index (χ0) is 9.90. The van der Waals surface area contributed by atoms with Gasteiger partial charge in [0, 0.05) is 13.7 Å². The molecule has 0 N–H and O–H groups in total. The highest BCUT2D eigenvalue weighted by Gasteiger charge is 2.30. The van der Waals surface area contributed by atoms with Crippen LogP contribution < -0.4 is 0 Å². The van der Waals surface area contributed by atoms with Gasteiger partial charge in [-0.25, -0.2) is 0 Å². The Kier molecular flexibility index (Phi) is 3.32. The lowest BCUT2D eigenvalue weighted by atomic mass is 10.0. The second-order valence-electron chi connectivity index (χ2n) is 3.69. The Morgan fingerprint density at radius 2 is 2.31 bits per heavy atom. The summed E-state index contributed by atoms with van der Waals surface area (Å²) in [7, 11) is 1.65. The predicted octanol–water partition coefficient (Wildman–Crippen LogP) is 0.703. The molecule has 0 amide bonds. The number of nitrogens with zero attached hydrogens (tertiary/aromatic N) is 1. The van der Waals surface area contributed by atoms with Crippen LogP contribution in [0, 0.1) is 12.3 Å². The van der Waals surface area contributed by atoms with Crippen LogP contribution in [0.1, 0.15) is 13.8 Å². The highest BCUT2D eigenvalue weighted by Crippen LogP contribution is 2.17. The fourth-order valence-electron chi connectivity index (χ4n) is 1.36. The first-order valence-corrected chi connectivity index (χ1v) is 4.47. The Bertz CT molecular complexity index is 207. The lowest BCUT2D eigenvalue weighted by Crippen LogP contribution is -2.52. The van der Waals surface area contributed by atoms with Crippen molar-refractivity contribution in [1.29, 1.82) is 0 Å². The van der Waals surface area contributed by atoms with Gasteiger partial charge in [-0.2, -0.15) is 0 Å². The molecule has 1 aliphatic rings. The minimum absolute atomic E-state index is 0.138. The van der Waals surface area contributed by atoms with E-state index in [4.69, 9.17) is 15.9 Å². The van der Waals surface area contributed by atoms with Gasteiger partial charge in [0.1, 0.15) is 0 Å². The number of morpholine rings is 1. The summed E-state index contributed by atoms with van der Waals surface area (Å²) < 4.78 is 10.5. The molecule has 0 saturated carbocycles. The van der Waals surface area contributed by atoms with Crippen LogP contribution >= 0.6 is 0 Å². The van der Waals surface area contributed by atoms with Crippen molar-refractivity contribution in [2.45, 2.75) is 25.7 Å². The summed E-state index contributed by atoms with van der Waals surface area (Å²) in [6.07, 6.45) is 5.31. The van der Waals surface area contributed by atoms with Crippen LogP contribution in [0.15, 0.2) is 0 Å². The van der Waals surface area contributed by atoms with Crippen molar-refractivity contribution in [2.75, 3.05) is 26.8 Å². The molecule has 0 aromatic rings. The lowest BCUT2D eigenvalue weighted by molar-refractivity contribution is -0.173. The number of hydrogen-bond donors (Lipinski definition) is 0. The standard InChI is InChI=1S/C10H17NO2/c1-5-10(2,3)11-6-7-13-9(8-11)12-4/h1,9H,6-8H2,2-4H3. The topological polar surface area (TPSA) is 21.7 Å². The Labute approximate surface area is 80.0 Å². The minimum Gasteiger partial charge on any atom is -0.355 e. The van der Waals surface area contributed by atoms with Crippen molar-refractivity contribution in [3.05, 3.63) is 0 Å². The summed E-state index contributed by atoms with van der Waals surface area (Å²) in [4.78, 5) is 2.20. The Balaban J connectivity index is 2.57. The van der Waals surface area contributed by atoms with Crippen molar-refractivity contribution < 1.29 is 9.47 Å². The Morgan fingerprint density at radius 3 is 2.85 bits per heavy atom. The van der Waals surface area contributed by atoms with Gasteiger partial charge in [-0.1, -0.05) is 5.92 Å². The Hall–Kier alpha value is -0.560. The van der Waals surface area contributed by atoms with Crippen LogP contribution in [0.2, 0.25) is 0 Å². The van der Waals surface area contributed by atoms with E-state index in [0.29, 0.717) is 6.61 Å². The first kappa shape index (κ1) is 10.5. The fraction of sp³-hybridized carbons (Fsp3) is 0.800. The Morgan fingerprint density at radius 1 is 1.62 bits per heavy atom. The molecule has 1 atom stereocenters. The van der Waals surface area contributed by atoms with E-state index in [0.717, 1.165) is 13.1 Å². The normalized spacial score (nSPS) is 25.5. The summed E-state index contributed by atoms with van der Waals surface area (Å²) >= 11 is 0. The van der Waals surface area contributed by atoms with Crippen molar-refractivity contribution >= 4 is 0 Å². The van der Waals surface area contributed by atoms with Gasteiger partial charge in [0.2, 0.25) is 0 Å². The third kappa shape index (κ3) is 2.44. The molecular weight excluding hydrogens is 166 g/mol. The lowest BCUT2D eigenvalue weighted by Gasteiger charge is -2.39. The van der Waals surface area contributed by atoms with Crippen LogP contribution in [0.25, 0.3) is 0 Å². The molecule has 1 rings (SSSR count). The maximum atomic E-state index is 5.45. The monoisotopic (exact) mass is 183 g/mol. The van der Waals surface area contributed by atoms with Crippen LogP contribution in [-0.2, 0) is 9.47 Å². The molecule has 0 radical (unpaired) electrons. The van der Waals surface area contributed by atoms with Gasteiger partial charge in [0.05, 0.1) is 18.7 Å². The third-order valence-corrected chi connectivity index (χ3v) is 2.44. The third-order valence-electron chi connectivity index (χ3n) is 2.44. The number of hydrogen-bond acceptors (Lipinski definition) is 3. The minimum atomic E-state index is -0.208. The van der Waals surface area contributed by atoms with Gasteiger partial charge >= 0.3 is 0 Å². The highest BCUT2D eigenvalue weighted by molar-refractivity contribution is 5.09. The SMILES string of the molecule is C#CC(C)(C)N1CCOC(OC)C1. The number of terminal acetylenes is 1. The summed E-state index contributed by atoms with van der Waals surface area (Å²) in [6.45, 7) is 6.37. The van der Waals surface area contributed by atoms with Crippen molar-refractivity contribution in [3.8, 4) is 12.3 Å². The largest absolute Gasteiger partial charge is 0.355 e. The zero-order valence-corrected chi connectivity index (χ0v) is 8.54. The summed E-state index contributed by atoms with van der Waals surface area (Å²) in [5.41, 5.74) is -0.208. The molecule has 3 heteroatoms. The molecule has 3 nitrogen and oxygen atoms in total. The van der Waals surface area contributed by atoms with Crippen LogP contribution in [-0.4, -0.2) is 43.5 Å². The molecule has 1 saturated heterocycles. The molecule has 0 spiro atoms. The average molecular weight is 183 g/mol. The molecule has 1 aliphatic heterocycles. The van der Waals surface area contributed by atoms with Crippen LogP contribution in [0.4, 0.5) is 0 Å². The van der Waals surface area contributed by atoms with E-state index in [1.54, 1.807) is 7.11 Å². The second kappa shape index (κ2) is 4.10. The molecule has 0 aliphatic carbocycles. The quantitative estimate of drug-likeness (QED) is 0.588. The van der Waals surface area contributed by atoms with Crippen LogP contribution in [0.5, 0.6) is 0 Å². The second-order valence-corrected chi connectivity index (χ2v) is 3.69. The molecule has 1 unspecified atom stereocenters. The first-order chi connectivity index (χ1) is 6.10. The van der Waals surface area contributed by atoms with Crippen molar-refractivity contribution in [3.63, 3.8) is 0 Å². The summed E-state index contributed by atoms with van der Waals surface area (Å²) in [5.74, 6) is 2.77. The maximum Gasteiger partial charge on any atom is 0.169 e. The molecule has 13 heavy (non-hydrogen) atoms. The summed E-state index contributed by atoms with van der Waals surface area (Å²) in [5, 5.41) is 0. The van der Waals surface area contributed by atoms with Gasteiger partial charge < -0.3 is 9.47 Å². The van der Waals surface area contributed by atoms with E-state index in [9.17, 15) is 0 Å². The van der Waals surface area contributed by atoms with Crippen LogP contribution in [0.3, 0.4) is 0 Å². The molecule has 1 fully saturated rings. The predicted molar refractivity (Wildman–Crippen MR) is 51.2 cm³/mol. The number of methoxy groups -OCH3 is 1. The molecule has 0 aromatic carbocycles. The van der Waals surface area contributed by atoms with Gasteiger partial charge in [-0.15, -0.1) is 6.42 Å². The highest BCUT2D eigenvalue weighted by atomic mass is 16.7. The molecule has 0 aromatic heterocycles. The van der Waals surface area contributed by atoms with E-state index in [1.807, 2.05) is 13.8 Å². The summed E-state index contributed by atoms with van der Waals surface area (Å²) in [6, 6.07) is 0. The molecule has 74 valence electrons. The van der Waals surface area contributed by atoms with Gasteiger partial charge in [0.25, 0.3) is 0 Å². The number of ether oxygens (including phenoxy) is 2. The van der Waals surface area contributed by atoms with E-state index in [-0.39, 0.29) is 11.8 Å². The fourth-order valence-corrected chi connectivity index (χ4v) is 1.36. The number of rotatable bonds is 2. The molecule has 0 bridgehead atoms. The van der Waals surface area contributed by atoms with E-state index in [1.165, 1.54) is 0 Å². The molecular formula is C10H17NO2. The molecule has 1 heterocycles. The van der Waals surface area contributed by atoms with E-state index < -0.39 is 0 Å². The van der Waals surface area contributed by atoms with E-state index >= 15 is 0 Å². The smallest absolute Gasteiger partial charge is 0.169 e. The van der Waals surface area contributed by atoms with E-state index in [2.05, 4.69) is 10.8 Å². The van der Waals surface area contributed by atoms with Gasteiger partial charge in [0.15, 0.2) is 6.29 Å². The maximum absolute atomic E-state index is 5.45. The zero-order valence-electron chi connectivity index (χ0n) is 8.54. The van der Waals surface area contributed by atoms with Gasteiger partial charge in [-0.05, 0) is 13.8 Å². The first-order valence-electron chi connectivity index (χ1n) is 4.47. The van der Waals surface area contributed by atoms with Crippen molar-refractivity contribution in [1.82, 2.24) is 4.90 Å². The van der Waals surface area contributed by atoms with Crippen molar-refractivity contribution in [2.24, 2.45) is 0 Å². The van der Waals surface area contributed by atoms with Gasteiger partial charge in [-0.3, -0.25) is 4.90 Å². The average Bonchev–Trinajstić information content (AvgIpc) is 2.18.